The van der Waals surface area contributed by atoms with Gasteiger partial charge >= 0.3 is 0 Å². The third-order valence-corrected chi connectivity index (χ3v) is 4.34. The van der Waals surface area contributed by atoms with Crippen molar-refractivity contribution in [2.24, 2.45) is 17.6 Å². The van der Waals surface area contributed by atoms with E-state index in [1.807, 2.05) is 0 Å². The van der Waals surface area contributed by atoms with Gasteiger partial charge in [-0.25, -0.2) is 0 Å². The van der Waals surface area contributed by atoms with Crippen LogP contribution in [0.5, 0.6) is 0 Å². The predicted octanol–water partition coefficient (Wildman–Crippen LogP) is 2.42. The third-order valence-electron chi connectivity index (χ3n) is 4.34. The van der Waals surface area contributed by atoms with Crippen LogP contribution in [-0.2, 0) is 11.2 Å². The van der Waals surface area contributed by atoms with Crippen LogP contribution in [0.4, 0.5) is 0 Å². The van der Waals surface area contributed by atoms with Gasteiger partial charge in [-0.15, -0.1) is 0 Å². The molecular weight excluding hydrogens is 248 g/mol. The van der Waals surface area contributed by atoms with Crippen molar-refractivity contribution in [1.29, 1.82) is 0 Å². The predicted molar refractivity (Wildman–Crippen MR) is 82.4 cm³/mol. The number of benzene rings is 1. The molecule has 1 saturated carbocycles. The highest BCUT2D eigenvalue weighted by Crippen LogP contribution is 2.29. The van der Waals surface area contributed by atoms with Gasteiger partial charge in [-0.2, -0.15) is 0 Å². The highest BCUT2D eigenvalue weighted by Gasteiger charge is 2.29. The largest absolute Gasteiger partial charge is 0.356 e. The van der Waals surface area contributed by atoms with E-state index in [0.717, 1.165) is 32.2 Å². The fourth-order valence-corrected chi connectivity index (χ4v) is 3.16. The van der Waals surface area contributed by atoms with Crippen LogP contribution in [0, 0.1) is 18.8 Å². The zero-order valence-electron chi connectivity index (χ0n) is 12.4. The minimum absolute atomic E-state index is 0.131. The van der Waals surface area contributed by atoms with E-state index in [1.54, 1.807) is 0 Å². The first-order chi connectivity index (χ1) is 9.70. The molecule has 3 N–H and O–H groups in total. The van der Waals surface area contributed by atoms with Gasteiger partial charge in [-0.05, 0) is 44.2 Å². The summed E-state index contributed by atoms with van der Waals surface area (Å²) in [7, 11) is 0. The van der Waals surface area contributed by atoms with Crippen LogP contribution in [0.3, 0.4) is 0 Å². The van der Waals surface area contributed by atoms with E-state index in [0.29, 0.717) is 12.5 Å². The molecule has 0 aromatic heterocycles. The molecule has 0 bridgehead atoms. The molecular formula is C17H26N2O. The summed E-state index contributed by atoms with van der Waals surface area (Å²) in [6.45, 7) is 3.45. The van der Waals surface area contributed by atoms with Gasteiger partial charge in [0.05, 0.1) is 0 Å². The number of hydrogen-bond acceptors (Lipinski definition) is 2. The van der Waals surface area contributed by atoms with Crippen molar-refractivity contribution in [1.82, 2.24) is 5.32 Å². The molecule has 1 amide bonds. The zero-order valence-corrected chi connectivity index (χ0v) is 12.4. The summed E-state index contributed by atoms with van der Waals surface area (Å²) < 4.78 is 0. The second-order valence-electron chi connectivity index (χ2n) is 5.92. The topological polar surface area (TPSA) is 55.1 Å². The lowest BCUT2D eigenvalue weighted by molar-refractivity contribution is -0.127. The molecule has 2 atom stereocenters. The van der Waals surface area contributed by atoms with Gasteiger partial charge in [-0.3, -0.25) is 4.79 Å². The van der Waals surface area contributed by atoms with E-state index in [4.69, 9.17) is 5.73 Å². The summed E-state index contributed by atoms with van der Waals surface area (Å²) in [5.41, 5.74) is 8.34. The summed E-state index contributed by atoms with van der Waals surface area (Å²) in [4.78, 5) is 12.3. The monoisotopic (exact) mass is 274 g/mol. The Labute approximate surface area is 121 Å². The van der Waals surface area contributed by atoms with E-state index in [-0.39, 0.29) is 11.8 Å². The van der Waals surface area contributed by atoms with Gasteiger partial charge in [0.2, 0.25) is 5.91 Å². The molecule has 3 nitrogen and oxygen atoms in total. The Morgan fingerprint density at radius 3 is 2.90 bits per heavy atom. The van der Waals surface area contributed by atoms with Gasteiger partial charge < -0.3 is 11.1 Å². The number of nitrogens with two attached hydrogens (primary N) is 1. The Hall–Kier alpha value is -1.35. The molecule has 1 aliphatic carbocycles. The van der Waals surface area contributed by atoms with Crippen LogP contribution >= 0.6 is 0 Å². The lowest BCUT2D eigenvalue weighted by Gasteiger charge is -2.29. The molecule has 3 heteroatoms. The summed E-state index contributed by atoms with van der Waals surface area (Å²) in [6.07, 6.45) is 5.37. The van der Waals surface area contributed by atoms with Crippen LogP contribution < -0.4 is 11.1 Å². The number of amides is 1. The zero-order chi connectivity index (χ0) is 14.4. The van der Waals surface area contributed by atoms with Gasteiger partial charge in [0, 0.05) is 12.5 Å². The Bertz CT molecular complexity index is 444. The number of aryl methyl sites for hydroxylation is 1. The molecule has 2 unspecified atom stereocenters. The van der Waals surface area contributed by atoms with Crippen LogP contribution in [0.2, 0.25) is 0 Å². The maximum atomic E-state index is 12.3. The minimum Gasteiger partial charge on any atom is -0.356 e. The lowest BCUT2D eigenvalue weighted by Crippen LogP contribution is -2.40. The van der Waals surface area contributed by atoms with E-state index < -0.39 is 0 Å². The van der Waals surface area contributed by atoms with Gasteiger partial charge in [-0.1, -0.05) is 42.7 Å². The standard InChI is InChI=1S/C17H26N2O/c1-13-5-4-6-14(11-13)9-10-19-17(20)16-8-3-2-7-15(16)12-18/h4-6,11,15-16H,2-3,7-10,12,18H2,1H3,(H,19,20). The van der Waals surface area contributed by atoms with Crippen LogP contribution in [0.15, 0.2) is 24.3 Å². The van der Waals surface area contributed by atoms with Crippen molar-refractivity contribution < 1.29 is 4.79 Å². The summed E-state index contributed by atoms with van der Waals surface area (Å²) >= 11 is 0. The van der Waals surface area contributed by atoms with E-state index in [9.17, 15) is 4.79 Å². The Balaban J connectivity index is 1.79. The van der Waals surface area contributed by atoms with Crippen molar-refractivity contribution in [3.63, 3.8) is 0 Å². The van der Waals surface area contributed by atoms with E-state index >= 15 is 0 Å². The number of carbonyl (C=O) groups is 1. The van der Waals surface area contributed by atoms with Crippen molar-refractivity contribution in [2.45, 2.75) is 39.0 Å². The van der Waals surface area contributed by atoms with Crippen LogP contribution in [0.1, 0.15) is 36.8 Å². The first-order valence-electron chi connectivity index (χ1n) is 7.74. The molecule has 1 fully saturated rings. The van der Waals surface area contributed by atoms with Crippen molar-refractivity contribution in [3.05, 3.63) is 35.4 Å². The van der Waals surface area contributed by atoms with Crippen LogP contribution in [-0.4, -0.2) is 19.0 Å². The number of nitrogens with one attached hydrogen (secondary N) is 1. The van der Waals surface area contributed by atoms with Gasteiger partial charge in [0.25, 0.3) is 0 Å². The molecule has 0 aliphatic heterocycles. The molecule has 1 aromatic rings. The lowest BCUT2D eigenvalue weighted by atomic mass is 9.79. The summed E-state index contributed by atoms with van der Waals surface area (Å²) in [5.74, 6) is 0.710. The van der Waals surface area contributed by atoms with Crippen molar-refractivity contribution >= 4 is 5.91 Å². The second kappa shape index (κ2) is 7.44. The Morgan fingerprint density at radius 2 is 2.15 bits per heavy atom. The van der Waals surface area contributed by atoms with Gasteiger partial charge in [0.15, 0.2) is 0 Å². The molecule has 0 saturated heterocycles. The fourth-order valence-electron chi connectivity index (χ4n) is 3.16. The average Bonchev–Trinajstić information content (AvgIpc) is 2.47. The van der Waals surface area contributed by atoms with E-state index in [1.165, 1.54) is 17.5 Å². The highest BCUT2D eigenvalue weighted by molar-refractivity contribution is 5.79. The number of rotatable bonds is 5. The van der Waals surface area contributed by atoms with Crippen molar-refractivity contribution in [2.75, 3.05) is 13.1 Å². The van der Waals surface area contributed by atoms with Gasteiger partial charge in [0.1, 0.15) is 0 Å². The molecule has 1 aliphatic rings. The first-order valence-corrected chi connectivity index (χ1v) is 7.74. The normalized spacial score (nSPS) is 22.5. The Kier molecular flexibility index (Phi) is 5.60. The van der Waals surface area contributed by atoms with E-state index in [2.05, 4.69) is 36.5 Å². The first kappa shape index (κ1) is 15.0. The number of carbonyl (C=O) groups excluding carboxylic acids is 1. The summed E-state index contributed by atoms with van der Waals surface area (Å²) in [5, 5.41) is 3.09. The maximum absolute atomic E-state index is 12.3. The smallest absolute Gasteiger partial charge is 0.223 e. The minimum atomic E-state index is 0.131. The molecule has 1 aromatic carbocycles. The Morgan fingerprint density at radius 1 is 1.35 bits per heavy atom. The molecule has 0 spiro atoms. The maximum Gasteiger partial charge on any atom is 0.223 e. The molecule has 2 rings (SSSR count). The summed E-state index contributed by atoms with van der Waals surface area (Å²) in [6, 6.07) is 8.45. The third kappa shape index (κ3) is 4.07. The SMILES string of the molecule is Cc1cccc(CCNC(=O)C2CCCCC2CN)c1. The quantitative estimate of drug-likeness (QED) is 0.866. The second-order valence-corrected chi connectivity index (χ2v) is 5.92. The average molecular weight is 274 g/mol. The number of hydrogen-bond donors (Lipinski definition) is 2. The fraction of sp³-hybridized carbons (Fsp3) is 0.588. The molecule has 0 heterocycles. The van der Waals surface area contributed by atoms with Crippen molar-refractivity contribution in [3.8, 4) is 0 Å². The molecule has 0 radical (unpaired) electrons. The molecule has 20 heavy (non-hydrogen) atoms. The molecule has 110 valence electrons. The highest BCUT2D eigenvalue weighted by atomic mass is 16.1. The van der Waals surface area contributed by atoms with Crippen LogP contribution in [0.25, 0.3) is 0 Å².